The van der Waals surface area contributed by atoms with Gasteiger partial charge in [-0.15, -0.1) is 0 Å². The van der Waals surface area contributed by atoms with E-state index in [0.29, 0.717) is 6.42 Å². The molecule has 1 saturated heterocycles. The van der Waals surface area contributed by atoms with Crippen molar-refractivity contribution >= 4 is 23.6 Å². The summed E-state index contributed by atoms with van der Waals surface area (Å²) in [4.78, 5) is 40.9. The van der Waals surface area contributed by atoms with Crippen LogP contribution in [0.5, 0.6) is 0 Å². The average molecular weight is 250 g/mol. The second-order valence-corrected chi connectivity index (χ2v) is 3.71. The molecule has 1 fully saturated rings. The second-order valence-electron chi connectivity index (χ2n) is 3.71. The number of carboxylic acids is 1. The summed E-state index contributed by atoms with van der Waals surface area (Å²) < 4.78 is 0. The standard InChI is InChI=1S/C10H10N4O4/c15-6-2-1-5(13-6)9(16)14-8-7(10(17)18)11-3-4-12-8/h3-5H,1-2H2,(H,13,15)(H,17,18)(H,12,14,16)/t5-/m1/s1. The van der Waals surface area contributed by atoms with E-state index in [0.717, 1.165) is 0 Å². The molecule has 0 radical (unpaired) electrons. The lowest BCUT2D eigenvalue weighted by molar-refractivity contribution is -0.122. The summed E-state index contributed by atoms with van der Waals surface area (Å²) in [7, 11) is 0. The van der Waals surface area contributed by atoms with Gasteiger partial charge in [-0.1, -0.05) is 0 Å². The van der Waals surface area contributed by atoms with E-state index < -0.39 is 17.9 Å². The molecule has 3 N–H and O–H groups in total. The quantitative estimate of drug-likeness (QED) is 0.658. The summed E-state index contributed by atoms with van der Waals surface area (Å²) in [5, 5.41) is 13.7. The molecule has 1 aromatic rings. The van der Waals surface area contributed by atoms with Gasteiger partial charge in [0, 0.05) is 18.8 Å². The van der Waals surface area contributed by atoms with Crippen molar-refractivity contribution in [2.24, 2.45) is 0 Å². The van der Waals surface area contributed by atoms with Crippen molar-refractivity contribution in [3.8, 4) is 0 Å². The topological polar surface area (TPSA) is 121 Å². The summed E-state index contributed by atoms with van der Waals surface area (Å²) in [5.41, 5.74) is -0.338. The molecule has 0 bridgehead atoms. The Morgan fingerprint density at radius 2 is 2.11 bits per heavy atom. The van der Waals surface area contributed by atoms with Crippen LogP contribution in [-0.2, 0) is 9.59 Å². The van der Waals surface area contributed by atoms with E-state index in [2.05, 4.69) is 20.6 Å². The third-order valence-corrected chi connectivity index (χ3v) is 2.45. The van der Waals surface area contributed by atoms with Crippen molar-refractivity contribution in [2.75, 3.05) is 5.32 Å². The molecular formula is C10H10N4O4. The van der Waals surface area contributed by atoms with E-state index in [1.807, 2.05) is 0 Å². The van der Waals surface area contributed by atoms with Crippen LogP contribution in [0, 0.1) is 0 Å². The SMILES string of the molecule is O=C1CC[C@H](C(=O)Nc2nccnc2C(=O)O)N1. The van der Waals surface area contributed by atoms with E-state index in [9.17, 15) is 14.4 Å². The largest absolute Gasteiger partial charge is 0.476 e. The number of aromatic carboxylic acids is 1. The summed E-state index contributed by atoms with van der Waals surface area (Å²) in [6.07, 6.45) is 3.16. The van der Waals surface area contributed by atoms with Crippen molar-refractivity contribution in [2.45, 2.75) is 18.9 Å². The molecule has 1 aliphatic heterocycles. The highest BCUT2D eigenvalue weighted by Gasteiger charge is 2.28. The minimum atomic E-state index is -1.28. The predicted molar refractivity (Wildman–Crippen MR) is 58.8 cm³/mol. The number of aromatic nitrogens is 2. The molecule has 0 aliphatic carbocycles. The Morgan fingerprint density at radius 3 is 2.72 bits per heavy atom. The van der Waals surface area contributed by atoms with Crippen LogP contribution in [0.25, 0.3) is 0 Å². The van der Waals surface area contributed by atoms with Gasteiger partial charge in [-0.05, 0) is 6.42 Å². The molecule has 0 saturated carbocycles. The molecule has 2 amide bonds. The highest BCUT2D eigenvalue weighted by atomic mass is 16.4. The van der Waals surface area contributed by atoms with Gasteiger partial charge in [-0.2, -0.15) is 0 Å². The molecular weight excluding hydrogens is 240 g/mol. The molecule has 2 rings (SSSR count). The van der Waals surface area contributed by atoms with Crippen LogP contribution in [0.4, 0.5) is 5.82 Å². The van der Waals surface area contributed by atoms with Crippen molar-refractivity contribution in [1.29, 1.82) is 0 Å². The Morgan fingerprint density at radius 1 is 1.39 bits per heavy atom. The zero-order chi connectivity index (χ0) is 13.1. The van der Waals surface area contributed by atoms with Gasteiger partial charge in [0.25, 0.3) is 0 Å². The van der Waals surface area contributed by atoms with Crippen molar-refractivity contribution in [3.05, 3.63) is 18.1 Å². The minimum Gasteiger partial charge on any atom is -0.476 e. The summed E-state index contributed by atoms with van der Waals surface area (Å²) in [6, 6.07) is -0.652. The number of rotatable bonds is 3. The van der Waals surface area contributed by atoms with Gasteiger partial charge in [0.2, 0.25) is 11.8 Å². The van der Waals surface area contributed by atoms with Gasteiger partial charge in [0.05, 0.1) is 0 Å². The van der Waals surface area contributed by atoms with Gasteiger partial charge in [0.15, 0.2) is 11.5 Å². The molecule has 1 aliphatic rings. The lowest BCUT2D eigenvalue weighted by Crippen LogP contribution is -2.37. The fraction of sp³-hybridized carbons (Fsp3) is 0.300. The molecule has 18 heavy (non-hydrogen) atoms. The first kappa shape index (κ1) is 12.0. The van der Waals surface area contributed by atoms with Crippen molar-refractivity contribution in [1.82, 2.24) is 15.3 Å². The monoisotopic (exact) mass is 250 g/mol. The van der Waals surface area contributed by atoms with Crippen LogP contribution in [-0.4, -0.2) is 38.9 Å². The number of nitrogens with zero attached hydrogens (tertiary/aromatic N) is 2. The van der Waals surface area contributed by atoms with E-state index in [1.54, 1.807) is 0 Å². The maximum Gasteiger partial charge on any atom is 0.358 e. The van der Waals surface area contributed by atoms with Crippen LogP contribution < -0.4 is 10.6 Å². The summed E-state index contributed by atoms with van der Waals surface area (Å²) in [6.45, 7) is 0. The van der Waals surface area contributed by atoms with E-state index in [4.69, 9.17) is 5.11 Å². The lowest BCUT2D eigenvalue weighted by Gasteiger charge is -2.10. The number of anilines is 1. The Kier molecular flexibility index (Phi) is 3.18. The zero-order valence-electron chi connectivity index (χ0n) is 9.21. The lowest BCUT2D eigenvalue weighted by atomic mass is 10.2. The summed E-state index contributed by atoms with van der Waals surface area (Å²) in [5.74, 6) is -2.11. The highest BCUT2D eigenvalue weighted by molar-refractivity contribution is 6.02. The molecule has 1 atom stereocenters. The van der Waals surface area contributed by atoms with Gasteiger partial charge < -0.3 is 15.7 Å². The predicted octanol–water partition coefficient (Wildman–Crippen LogP) is -0.608. The molecule has 0 unspecified atom stereocenters. The third kappa shape index (κ3) is 2.42. The maximum absolute atomic E-state index is 11.7. The number of carboxylic acid groups (broad SMARTS) is 1. The van der Waals surface area contributed by atoms with Crippen molar-refractivity contribution in [3.63, 3.8) is 0 Å². The van der Waals surface area contributed by atoms with Crippen LogP contribution >= 0.6 is 0 Å². The van der Waals surface area contributed by atoms with Crippen LogP contribution in [0.2, 0.25) is 0 Å². The average Bonchev–Trinajstić information content (AvgIpc) is 2.76. The Hall–Kier alpha value is -2.51. The number of nitrogens with one attached hydrogen (secondary N) is 2. The van der Waals surface area contributed by atoms with Crippen LogP contribution in [0.3, 0.4) is 0 Å². The minimum absolute atomic E-state index is 0.129. The molecule has 2 heterocycles. The number of carbonyl (C=O) groups is 3. The summed E-state index contributed by atoms with van der Waals surface area (Å²) >= 11 is 0. The van der Waals surface area contributed by atoms with Gasteiger partial charge >= 0.3 is 5.97 Å². The first-order valence-electron chi connectivity index (χ1n) is 5.22. The number of hydrogen-bond acceptors (Lipinski definition) is 5. The number of carbonyl (C=O) groups excluding carboxylic acids is 2. The highest BCUT2D eigenvalue weighted by Crippen LogP contribution is 2.12. The molecule has 0 spiro atoms. The molecule has 94 valence electrons. The fourth-order valence-electron chi connectivity index (χ4n) is 1.60. The van der Waals surface area contributed by atoms with E-state index in [1.165, 1.54) is 12.4 Å². The number of amides is 2. The fourth-order valence-corrected chi connectivity index (χ4v) is 1.60. The molecule has 1 aromatic heterocycles. The first-order chi connectivity index (χ1) is 8.58. The van der Waals surface area contributed by atoms with E-state index in [-0.39, 0.29) is 23.8 Å². The third-order valence-electron chi connectivity index (χ3n) is 2.45. The van der Waals surface area contributed by atoms with Gasteiger partial charge in [-0.25, -0.2) is 14.8 Å². The zero-order valence-corrected chi connectivity index (χ0v) is 9.21. The molecule has 0 aromatic carbocycles. The Bertz CT molecular complexity index is 516. The normalized spacial score (nSPS) is 18.2. The smallest absolute Gasteiger partial charge is 0.358 e. The Labute approximate surface area is 101 Å². The van der Waals surface area contributed by atoms with Crippen LogP contribution in [0.1, 0.15) is 23.3 Å². The van der Waals surface area contributed by atoms with E-state index >= 15 is 0 Å². The second kappa shape index (κ2) is 4.78. The van der Waals surface area contributed by atoms with Gasteiger partial charge in [0.1, 0.15) is 6.04 Å². The van der Waals surface area contributed by atoms with Crippen molar-refractivity contribution < 1.29 is 19.5 Å². The maximum atomic E-state index is 11.7. The molecule has 8 nitrogen and oxygen atoms in total. The Balaban J connectivity index is 2.12. The number of hydrogen-bond donors (Lipinski definition) is 3. The van der Waals surface area contributed by atoms with Crippen LogP contribution in [0.15, 0.2) is 12.4 Å². The molecule has 8 heteroatoms. The first-order valence-corrected chi connectivity index (χ1v) is 5.22. The van der Waals surface area contributed by atoms with Gasteiger partial charge in [-0.3, -0.25) is 9.59 Å².